The molecule has 1 unspecified atom stereocenters. The summed E-state index contributed by atoms with van der Waals surface area (Å²) >= 11 is 12.0. The van der Waals surface area contributed by atoms with Crippen LogP contribution in [-0.4, -0.2) is 0 Å². The highest BCUT2D eigenvalue weighted by atomic mass is 35.5. The lowest BCUT2D eigenvalue weighted by Crippen LogP contribution is -1.88. The van der Waals surface area contributed by atoms with Crippen molar-refractivity contribution in [2.45, 2.75) is 25.6 Å². The van der Waals surface area contributed by atoms with E-state index in [0.29, 0.717) is 0 Å². The molecule has 0 saturated heterocycles. The Morgan fingerprint density at radius 1 is 1.42 bits per heavy atom. The summed E-state index contributed by atoms with van der Waals surface area (Å²) in [5.74, 6) is 0. The molecule has 0 aliphatic rings. The predicted molar refractivity (Wildman–Crippen MR) is 55.1 cm³/mol. The summed E-state index contributed by atoms with van der Waals surface area (Å²) in [6.45, 7) is 4.05. The highest BCUT2D eigenvalue weighted by molar-refractivity contribution is 6.31. The Hall–Kier alpha value is -0.200. The molecule has 0 radical (unpaired) electrons. The Balaban J connectivity index is 2.96. The molecule has 2 heteroatoms. The molecule has 0 heterocycles. The molecule has 1 aromatic carbocycles. The first kappa shape index (κ1) is 9.88. The van der Waals surface area contributed by atoms with Gasteiger partial charge in [0.05, 0.1) is 5.38 Å². The fraction of sp³-hybridized carbons (Fsp3) is 0.400. The number of alkyl halides is 1. The predicted octanol–water partition coefficient (Wildman–Crippen LogP) is 4.34. The van der Waals surface area contributed by atoms with E-state index in [1.165, 1.54) is 0 Å². The molecule has 0 N–H and O–H groups in total. The summed E-state index contributed by atoms with van der Waals surface area (Å²) in [6.07, 6.45) is 0.931. The maximum Gasteiger partial charge on any atom is 0.0583 e. The van der Waals surface area contributed by atoms with Crippen LogP contribution in [0.15, 0.2) is 18.2 Å². The van der Waals surface area contributed by atoms with Gasteiger partial charge in [-0.3, -0.25) is 0 Å². The maximum absolute atomic E-state index is 6.06. The van der Waals surface area contributed by atoms with Crippen LogP contribution in [0, 0.1) is 6.92 Å². The third-order valence-electron chi connectivity index (χ3n) is 1.92. The van der Waals surface area contributed by atoms with Gasteiger partial charge in [-0.25, -0.2) is 0 Å². The van der Waals surface area contributed by atoms with Gasteiger partial charge in [-0.15, -0.1) is 11.6 Å². The van der Waals surface area contributed by atoms with E-state index in [4.69, 9.17) is 23.2 Å². The molecule has 0 amide bonds. The third-order valence-corrected chi connectivity index (χ3v) is 2.88. The molecule has 0 aromatic heterocycles. The van der Waals surface area contributed by atoms with Gasteiger partial charge in [-0.1, -0.05) is 30.7 Å². The zero-order valence-corrected chi connectivity index (χ0v) is 8.78. The van der Waals surface area contributed by atoms with Crippen molar-refractivity contribution in [3.8, 4) is 0 Å². The molecule has 0 fully saturated rings. The van der Waals surface area contributed by atoms with Gasteiger partial charge in [0, 0.05) is 5.02 Å². The van der Waals surface area contributed by atoms with Crippen molar-refractivity contribution in [1.82, 2.24) is 0 Å². The van der Waals surface area contributed by atoms with Crippen LogP contribution in [0.1, 0.15) is 29.8 Å². The highest BCUT2D eigenvalue weighted by Crippen LogP contribution is 2.27. The first-order valence-corrected chi connectivity index (χ1v) is 4.86. The molecule has 0 bridgehead atoms. The van der Waals surface area contributed by atoms with Gasteiger partial charge in [0.1, 0.15) is 0 Å². The molecule has 12 heavy (non-hydrogen) atoms. The lowest BCUT2D eigenvalue weighted by Gasteiger charge is -2.07. The van der Waals surface area contributed by atoms with Crippen LogP contribution in [0.4, 0.5) is 0 Å². The molecule has 1 atom stereocenters. The Kier molecular flexibility index (Phi) is 3.42. The molecule has 66 valence electrons. The Morgan fingerprint density at radius 2 is 2.08 bits per heavy atom. The highest BCUT2D eigenvalue weighted by Gasteiger charge is 2.05. The second-order valence-corrected chi connectivity index (χ2v) is 3.82. The van der Waals surface area contributed by atoms with E-state index < -0.39 is 0 Å². The zero-order valence-electron chi connectivity index (χ0n) is 7.27. The van der Waals surface area contributed by atoms with E-state index in [1.54, 1.807) is 0 Å². The minimum Gasteiger partial charge on any atom is -0.118 e. The molecule has 1 rings (SSSR count). The standard InChI is InChI=1S/C10H12Cl2/c1-3-9(11)8-5-4-7(2)10(12)6-8/h4-6,9H,3H2,1-2H3. The molecule has 1 aromatic rings. The van der Waals surface area contributed by atoms with Crippen molar-refractivity contribution in [1.29, 1.82) is 0 Å². The number of aryl methyl sites for hydroxylation is 1. The fourth-order valence-electron chi connectivity index (χ4n) is 1.04. The van der Waals surface area contributed by atoms with E-state index in [-0.39, 0.29) is 5.38 Å². The molecule has 0 aliphatic carbocycles. The first-order valence-electron chi connectivity index (χ1n) is 4.05. The Labute approximate surface area is 83.5 Å². The second kappa shape index (κ2) is 4.15. The normalized spacial score (nSPS) is 13.0. The smallest absolute Gasteiger partial charge is 0.0583 e. The van der Waals surface area contributed by atoms with Crippen molar-refractivity contribution < 1.29 is 0 Å². The van der Waals surface area contributed by atoms with Crippen LogP contribution in [0.5, 0.6) is 0 Å². The van der Waals surface area contributed by atoms with E-state index in [2.05, 4.69) is 6.92 Å². The van der Waals surface area contributed by atoms with Gasteiger partial charge in [-0.05, 0) is 30.5 Å². The van der Waals surface area contributed by atoms with Gasteiger partial charge in [0.2, 0.25) is 0 Å². The van der Waals surface area contributed by atoms with Crippen LogP contribution in [0.25, 0.3) is 0 Å². The Bertz CT molecular complexity index is 269. The van der Waals surface area contributed by atoms with E-state index in [9.17, 15) is 0 Å². The molecule has 0 nitrogen and oxygen atoms in total. The quantitative estimate of drug-likeness (QED) is 0.627. The number of benzene rings is 1. The van der Waals surface area contributed by atoms with Gasteiger partial charge in [0.15, 0.2) is 0 Å². The summed E-state index contributed by atoms with van der Waals surface area (Å²) < 4.78 is 0. The van der Waals surface area contributed by atoms with E-state index >= 15 is 0 Å². The summed E-state index contributed by atoms with van der Waals surface area (Å²) in [7, 11) is 0. The van der Waals surface area contributed by atoms with Gasteiger partial charge in [0.25, 0.3) is 0 Å². The average molecular weight is 203 g/mol. The minimum atomic E-state index is 0.0862. The van der Waals surface area contributed by atoms with Gasteiger partial charge >= 0.3 is 0 Å². The molecule has 0 spiro atoms. The molecular formula is C10H12Cl2. The van der Waals surface area contributed by atoms with Crippen LogP contribution in [-0.2, 0) is 0 Å². The second-order valence-electron chi connectivity index (χ2n) is 2.88. The minimum absolute atomic E-state index is 0.0862. The molecular weight excluding hydrogens is 191 g/mol. The van der Waals surface area contributed by atoms with Crippen molar-refractivity contribution >= 4 is 23.2 Å². The maximum atomic E-state index is 6.06. The lowest BCUT2D eigenvalue weighted by atomic mass is 10.1. The van der Waals surface area contributed by atoms with E-state index in [0.717, 1.165) is 22.6 Å². The number of hydrogen-bond acceptors (Lipinski definition) is 0. The SMILES string of the molecule is CCC(Cl)c1ccc(C)c(Cl)c1. The number of rotatable bonds is 2. The summed E-state index contributed by atoms with van der Waals surface area (Å²) in [4.78, 5) is 0. The summed E-state index contributed by atoms with van der Waals surface area (Å²) in [5, 5.41) is 0.884. The van der Waals surface area contributed by atoms with Crippen LogP contribution < -0.4 is 0 Å². The molecule has 0 aliphatic heterocycles. The Morgan fingerprint density at radius 3 is 2.58 bits per heavy atom. The van der Waals surface area contributed by atoms with Crippen molar-refractivity contribution in [2.24, 2.45) is 0 Å². The van der Waals surface area contributed by atoms with Gasteiger partial charge < -0.3 is 0 Å². The first-order chi connectivity index (χ1) is 5.65. The zero-order chi connectivity index (χ0) is 9.14. The van der Waals surface area contributed by atoms with Crippen LogP contribution in [0.3, 0.4) is 0 Å². The number of halogens is 2. The molecule has 0 saturated carbocycles. The lowest BCUT2D eigenvalue weighted by molar-refractivity contribution is 0.883. The summed E-state index contributed by atoms with van der Waals surface area (Å²) in [6, 6.07) is 5.98. The van der Waals surface area contributed by atoms with Crippen molar-refractivity contribution in [3.63, 3.8) is 0 Å². The topological polar surface area (TPSA) is 0 Å². The summed E-state index contributed by atoms with van der Waals surface area (Å²) in [5.41, 5.74) is 2.20. The third kappa shape index (κ3) is 2.15. The van der Waals surface area contributed by atoms with E-state index in [1.807, 2.05) is 25.1 Å². The van der Waals surface area contributed by atoms with Crippen LogP contribution in [0.2, 0.25) is 5.02 Å². The fourth-order valence-corrected chi connectivity index (χ4v) is 1.36. The average Bonchev–Trinajstić information content (AvgIpc) is 2.08. The van der Waals surface area contributed by atoms with Crippen LogP contribution >= 0.6 is 23.2 Å². The largest absolute Gasteiger partial charge is 0.118 e. The monoisotopic (exact) mass is 202 g/mol. The van der Waals surface area contributed by atoms with Crippen molar-refractivity contribution in [3.05, 3.63) is 34.3 Å². The van der Waals surface area contributed by atoms with Crippen molar-refractivity contribution in [2.75, 3.05) is 0 Å². The number of hydrogen-bond donors (Lipinski definition) is 0. The van der Waals surface area contributed by atoms with Gasteiger partial charge in [-0.2, -0.15) is 0 Å².